The monoisotopic (exact) mass is 382 g/mol. The maximum Gasteiger partial charge on any atom is 0.673 e. The van der Waals surface area contributed by atoms with E-state index in [1.807, 2.05) is 0 Å². The fraction of sp³-hybridized carbons (Fsp3) is 1.00. The van der Waals surface area contributed by atoms with Crippen LogP contribution in [0.15, 0.2) is 0 Å². The van der Waals surface area contributed by atoms with Gasteiger partial charge in [0.1, 0.15) is 19.6 Å². The van der Waals surface area contributed by atoms with Crippen LogP contribution >= 0.6 is 0 Å². The van der Waals surface area contributed by atoms with Gasteiger partial charge in [-0.25, -0.2) is 8.42 Å². The lowest BCUT2D eigenvalue weighted by Crippen LogP contribution is -2.70. The molecule has 5 nitrogen and oxygen atoms in total. The average Bonchev–Trinajstić information content (AvgIpc) is 2.27. The van der Waals surface area contributed by atoms with Gasteiger partial charge < -0.3 is 26.3 Å². The number of halogens is 8. The standard InChI is InChI=1S/C7H15FN2.CHF3O3S.BF4/c1-9-2-5-10(8,6-3-9)7-4-9;2-1(3,4)8(5,6)7;2-1(3,4)5/h2-7H2,1H3;(H,5,6,7);/q+2;;-1/p-1. The third-order valence-electron chi connectivity index (χ3n) is 3.41. The Morgan fingerprint density at radius 1 is 0.913 bits per heavy atom. The van der Waals surface area contributed by atoms with Gasteiger partial charge in [-0.15, -0.1) is 4.71 Å². The normalized spacial score (nSPS) is 30.7. The van der Waals surface area contributed by atoms with E-state index in [0.29, 0.717) is 0 Å². The second-order valence-corrected chi connectivity index (χ2v) is 6.76. The molecule has 0 aromatic heterocycles. The Labute approximate surface area is 127 Å². The number of likely N-dealkylation sites (N-methyl/N-ethyl adjacent to an activating group) is 1. The van der Waals surface area contributed by atoms with Gasteiger partial charge in [0, 0.05) is 0 Å². The third kappa shape index (κ3) is 9.27. The first-order chi connectivity index (χ1) is 9.87. The minimum Gasteiger partial charge on any atom is -0.741 e. The lowest BCUT2D eigenvalue weighted by molar-refractivity contribution is -1.14. The van der Waals surface area contributed by atoms with Crippen LogP contribution in [0.5, 0.6) is 0 Å². The molecule has 3 aliphatic heterocycles. The van der Waals surface area contributed by atoms with Gasteiger partial charge in [0.05, 0.1) is 7.05 Å². The van der Waals surface area contributed by atoms with Gasteiger partial charge in [-0.2, -0.15) is 13.2 Å². The average molecular weight is 382 g/mol. The first-order valence-electron chi connectivity index (χ1n) is 6.16. The van der Waals surface area contributed by atoms with Crippen LogP contribution in [0.4, 0.5) is 34.9 Å². The Morgan fingerprint density at radius 2 is 1.13 bits per heavy atom. The summed E-state index contributed by atoms with van der Waals surface area (Å²) in [7, 11) is -9.85. The summed E-state index contributed by atoms with van der Waals surface area (Å²) in [6.45, 7) is 5.35. The second-order valence-electron chi connectivity index (χ2n) is 5.39. The quantitative estimate of drug-likeness (QED) is 0.159. The summed E-state index contributed by atoms with van der Waals surface area (Å²) in [4.78, 5) is 0. The SMILES string of the molecule is C[N+]12CC[N+](F)(CC1)CC2.F[B-](F)(F)F.O=S(=O)([O-])C(F)(F)F. The van der Waals surface area contributed by atoms with Crippen LogP contribution in [0.2, 0.25) is 0 Å². The summed E-state index contributed by atoms with van der Waals surface area (Å²) in [6, 6.07) is 0. The highest BCUT2D eigenvalue weighted by molar-refractivity contribution is 7.86. The molecule has 2 bridgehead atoms. The van der Waals surface area contributed by atoms with E-state index in [1.54, 1.807) is 0 Å². The molecule has 3 aliphatic rings. The van der Waals surface area contributed by atoms with Gasteiger partial charge in [-0.1, -0.05) is 0 Å². The number of nitrogens with zero attached hydrogens (tertiary/aromatic N) is 2. The molecule has 140 valence electrons. The number of hydrogen-bond donors (Lipinski definition) is 0. The largest absolute Gasteiger partial charge is 0.741 e. The van der Waals surface area contributed by atoms with Crippen molar-refractivity contribution in [1.29, 1.82) is 0 Å². The van der Waals surface area contributed by atoms with E-state index in [9.17, 15) is 34.9 Å². The fourth-order valence-electron chi connectivity index (χ4n) is 1.93. The van der Waals surface area contributed by atoms with Crippen LogP contribution in [0, 0.1) is 0 Å². The Bertz CT molecular complexity index is 446. The molecule has 0 saturated carbocycles. The molecule has 0 unspecified atom stereocenters. The highest BCUT2D eigenvalue weighted by Gasteiger charge is 2.48. The zero-order valence-corrected chi connectivity index (χ0v) is 12.7. The van der Waals surface area contributed by atoms with Crippen LogP contribution in [0.25, 0.3) is 0 Å². The maximum absolute atomic E-state index is 13.4. The molecule has 0 spiro atoms. The molecule has 0 aromatic rings. The molecule has 3 rings (SSSR count). The molecule has 0 radical (unpaired) electrons. The van der Waals surface area contributed by atoms with Crippen molar-refractivity contribution < 1.29 is 57.1 Å². The van der Waals surface area contributed by atoms with Crippen molar-refractivity contribution in [2.75, 3.05) is 46.3 Å². The molecule has 0 N–H and O–H groups in total. The smallest absolute Gasteiger partial charge is 0.673 e. The highest BCUT2D eigenvalue weighted by atomic mass is 32.2. The summed E-state index contributed by atoms with van der Waals surface area (Å²) in [5.74, 6) is 0. The lowest BCUT2D eigenvalue weighted by atomic mass is 10.2. The van der Waals surface area contributed by atoms with E-state index in [2.05, 4.69) is 7.05 Å². The van der Waals surface area contributed by atoms with Gasteiger partial charge in [0.25, 0.3) is 0 Å². The summed E-state index contributed by atoms with van der Waals surface area (Å²) >= 11 is 0. The number of alkyl halides is 3. The van der Waals surface area contributed by atoms with Crippen molar-refractivity contribution in [1.82, 2.24) is 0 Å². The molecule has 0 atom stereocenters. The third-order valence-corrected chi connectivity index (χ3v) is 3.97. The number of quaternary nitrogens is 2. The zero-order chi connectivity index (χ0) is 18.7. The van der Waals surface area contributed by atoms with E-state index in [1.165, 1.54) is 0 Å². The van der Waals surface area contributed by atoms with Crippen LogP contribution in [0.3, 0.4) is 0 Å². The van der Waals surface area contributed by atoms with Crippen LogP contribution in [-0.2, 0) is 10.1 Å². The summed E-state index contributed by atoms with van der Waals surface area (Å²) in [5.41, 5.74) is -5.65. The van der Waals surface area contributed by atoms with E-state index in [0.717, 1.165) is 43.8 Å². The molecule has 3 saturated heterocycles. The zero-order valence-electron chi connectivity index (χ0n) is 11.9. The molecule has 0 amide bonds. The Balaban J connectivity index is 0.000000338. The van der Waals surface area contributed by atoms with Crippen LogP contribution in [-0.4, -0.2) is 81.2 Å². The fourth-order valence-corrected chi connectivity index (χ4v) is 1.93. The van der Waals surface area contributed by atoms with E-state index >= 15 is 0 Å². The highest BCUT2D eigenvalue weighted by Crippen LogP contribution is 2.24. The van der Waals surface area contributed by atoms with Crippen LogP contribution in [0.1, 0.15) is 0 Å². The molecule has 3 heterocycles. The van der Waals surface area contributed by atoms with Crippen LogP contribution < -0.4 is 0 Å². The van der Waals surface area contributed by atoms with Crippen molar-refractivity contribution in [2.24, 2.45) is 0 Å². The van der Waals surface area contributed by atoms with E-state index in [-0.39, 0.29) is 4.71 Å². The molecular weight excluding hydrogens is 367 g/mol. The number of hydrogen-bond acceptors (Lipinski definition) is 3. The topological polar surface area (TPSA) is 57.2 Å². The molecule has 23 heavy (non-hydrogen) atoms. The number of rotatable bonds is 0. The molecule has 15 heteroatoms. The minimum absolute atomic E-state index is 0.145. The maximum atomic E-state index is 13.4. The van der Waals surface area contributed by atoms with E-state index in [4.69, 9.17) is 13.0 Å². The predicted molar refractivity (Wildman–Crippen MR) is 62.7 cm³/mol. The summed E-state index contributed by atoms with van der Waals surface area (Å²) in [5, 5.41) is 0. The van der Waals surface area contributed by atoms with Gasteiger partial charge in [-0.05, 0) is 4.48 Å². The summed E-state index contributed by atoms with van der Waals surface area (Å²) in [6.07, 6.45) is 0. The molecule has 0 aromatic carbocycles. The first-order valence-corrected chi connectivity index (χ1v) is 7.57. The van der Waals surface area contributed by atoms with Crippen molar-refractivity contribution >= 4 is 17.4 Å². The molecule has 3 fully saturated rings. The molecule has 0 aliphatic carbocycles. The van der Waals surface area contributed by atoms with Crippen molar-refractivity contribution in [3.8, 4) is 0 Å². The van der Waals surface area contributed by atoms with Gasteiger partial charge in [0.2, 0.25) is 0 Å². The first kappa shape index (κ1) is 22.3. The van der Waals surface area contributed by atoms with Crippen molar-refractivity contribution in [3.05, 3.63) is 0 Å². The second kappa shape index (κ2) is 7.07. The van der Waals surface area contributed by atoms with Gasteiger partial charge in [0.15, 0.2) is 29.8 Å². The van der Waals surface area contributed by atoms with E-state index < -0.39 is 22.9 Å². The summed E-state index contributed by atoms with van der Waals surface area (Å²) < 4.78 is 112. The van der Waals surface area contributed by atoms with Crippen molar-refractivity contribution in [2.45, 2.75) is 5.51 Å². The lowest BCUT2D eigenvalue weighted by Gasteiger charge is -2.47. The Hall–Kier alpha value is -0.665. The number of piperazine rings is 3. The van der Waals surface area contributed by atoms with Crippen molar-refractivity contribution in [3.63, 3.8) is 0 Å². The minimum atomic E-state index is -6.09. The Kier molecular flexibility index (Phi) is 6.86. The number of fused-ring (bicyclic) bond motifs is 3. The molecular formula is C8H15BF8N2O3S. The van der Waals surface area contributed by atoms with Gasteiger partial charge in [-0.3, -0.25) is 0 Å². The van der Waals surface area contributed by atoms with Gasteiger partial charge >= 0.3 is 12.8 Å². The Morgan fingerprint density at radius 3 is 1.26 bits per heavy atom. The predicted octanol–water partition coefficient (Wildman–Crippen LogP) is 1.51.